The number of hydrogen-bond donors (Lipinski definition) is 3. The quantitative estimate of drug-likeness (QED) is 0.500. The van der Waals surface area contributed by atoms with E-state index in [-0.39, 0.29) is 41.2 Å². The molecule has 5 heteroatoms. The predicted molar refractivity (Wildman–Crippen MR) is 103 cm³/mol. The number of fused-ring (bicyclic) bond motifs is 5. The van der Waals surface area contributed by atoms with Gasteiger partial charge in [-0.25, -0.2) is 4.79 Å². The summed E-state index contributed by atoms with van der Waals surface area (Å²) in [5, 5.41) is 32.7. The lowest BCUT2D eigenvalue weighted by molar-refractivity contribution is -0.188. The van der Waals surface area contributed by atoms with Crippen molar-refractivity contribution in [1.82, 2.24) is 0 Å². The summed E-state index contributed by atoms with van der Waals surface area (Å²) in [6.45, 7) is 2.69. The Kier molecular flexibility index (Phi) is 4.15. The molecule has 7 unspecified atom stereocenters. The fraction of sp³-hybridized carbons (Fsp3) is 0.783. The topological polar surface area (TPSA) is 87.0 Å². The molecule has 7 atom stereocenters. The van der Waals surface area contributed by atoms with E-state index in [9.17, 15) is 20.1 Å². The molecular weight excluding hydrogens is 356 g/mol. The van der Waals surface area contributed by atoms with Crippen molar-refractivity contribution < 1.29 is 24.9 Å². The van der Waals surface area contributed by atoms with Crippen molar-refractivity contribution in [2.24, 2.45) is 28.6 Å². The molecule has 1 heterocycles. The zero-order chi connectivity index (χ0) is 19.7. The van der Waals surface area contributed by atoms with Crippen LogP contribution in [-0.2, 0) is 9.53 Å². The molecule has 0 spiro atoms. The van der Waals surface area contributed by atoms with E-state index in [4.69, 9.17) is 4.74 Å². The highest BCUT2D eigenvalue weighted by molar-refractivity contribution is 5.85. The molecule has 0 aromatic rings. The number of carbonyl (C=O) groups excluding carboxylic acids is 1. The van der Waals surface area contributed by atoms with Gasteiger partial charge in [-0.2, -0.15) is 0 Å². The van der Waals surface area contributed by atoms with Crippen LogP contribution in [0.15, 0.2) is 23.3 Å². The Morgan fingerprint density at radius 2 is 1.96 bits per heavy atom. The van der Waals surface area contributed by atoms with Crippen LogP contribution >= 0.6 is 0 Å². The van der Waals surface area contributed by atoms with E-state index in [1.165, 1.54) is 5.57 Å². The molecule has 5 aliphatic rings. The van der Waals surface area contributed by atoms with Gasteiger partial charge in [0, 0.05) is 16.9 Å². The van der Waals surface area contributed by atoms with Crippen molar-refractivity contribution in [3.05, 3.63) is 23.3 Å². The predicted octanol–water partition coefficient (Wildman–Crippen LogP) is 2.50. The smallest absolute Gasteiger partial charge is 0.331 e. The number of aliphatic hydroxyl groups excluding tert-OH is 2. The SMILES string of the molecule is CC12CCC3C(CCC4=CC(O)CCC43CO)C1(O)CCC2C1=CC(=O)OC1. The molecular formula is C23H32O5. The summed E-state index contributed by atoms with van der Waals surface area (Å²) in [7, 11) is 0. The van der Waals surface area contributed by atoms with Gasteiger partial charge in [0.25, 0.3) is 0 Å². The van der Waals surface area contributed by atoms with Crippen LogP contribution in [0.25, 0.3) is 0 Å². The van der Waals surface area contributed by atoms with Crippen LogP contribution in [0.4, 0.5) is 0 Å². The Morgan fingerprint density at radius 1 is 1.14 bits per heavy atom. The summed E-state index contributed by atoms with van der Waals surface area (Å²) in [5.74, 6) is 0.363. The highest BCUT2D eigenvalue weighted by atomic mass is 16.5. The largest absolute Gasteiger partial charge is 0.458 e. The van der Waals surface area contributed by atoms with Crippen LogP contribution in [0.2, 0.25) is 0 Å². The number of rotatable bonds is 2. The first kappa shape index (κ1) is 18.8. The highest BCUT2D eigenvalue weighted by Gasteiger charge is 2.67. The van der Waals surface area contributed by atoms with Crippen molar-refractivity contribution >= 4 is 5.97 Å². The van der Waals surface area contributed by atoms with Gasteiger partial charge in [0.2, 0.25) is 0 Å². The minimum absolute atomic E-state index is 0.108. The lowest BCUT2D eigenvalue weighted by Gasteiger charge is -2.62. The van der Waals surface area contributed by atoms with Crippen LogP contribution < -0.4 is 0 Å². The van der Waals surface area contributed by atoms with Crippen molar-refractivity contribution in [2.45, 2.75) is 70.0 Å². The van der Waals surface area contributed by atoms with Crippen molar-refractivity contribution in [2.75, 3.05) is 13.2 Å². The third-order valence-corrected chi connectivity index (χ3v) is 9.41. The molecule has 5 nitrogen and oxygen atoms in total. The minimum atomic E-state index is -0.767. The number of ether oxygens (including phenoxy) is 1. The Balaban J connectivity index is 1.51. The molecule has 0 aromatic carbocycles. The van der Waals surface area contributed by atoms with Crippen molar-refractivity contribution in [3.63, 3.8) is 0 Å². The van der Waals surface area contributed by atoms with E-state index in [0.29, 0.717) is 13.0 Å². The van der Waals surface area contributed by atoms with Gasteiger partial charge in [-0.1, -0.05) is 18.6 Å². The minimum Gasteiger partial charge on any atom is -0.458 e. The summed E-state index contributed by atoms with van der Waals surface area (Å²) in [6.07, 6.45) is 10.0. The maximum atomic E-state index is 12.1. The second-order valence-corrected chi connectivity index (χ2v) is 10.2. The molecule has 3 N–H and O–H groups in total. The van der Waals surface area contributed by atoms with E-state index in [1.807, 2.05) is 6.08 Å². The number of carbonyl (C=O) groups is 1. The number of cyclic esters (lactones) is 1. The lowest BCUT2D eigenvalue weighted by atomic mass is 9.44. The van der Waals surface area contributed by atoms with Crippen LogP contribution in [0.5, 0.6) is 0 Å². The van der Waals surface area contributed by atoms with Crippen molar-refractivity contribution in [3.8, 4) is 0 Å². The van der Waals surface area contributed by atoms with E-state index >= 15 is 0 Å². The Hall–Kier alpha value is -1.17. The average molecular weight is 389 g/mol. The van der Waals surface area contributed by atoms with Gasteiger partial charge >= 0.3 is 5.97 Å². The maximum absolute atomic E-state index is 12.1. The number of hydrogen-bond acceptors (Lipinski definition) is 5. The molecule has 0 saturated heterocycles. The van der Waals surface area contributed by atoms with E-state index in [0.717, 1.165) is 50.5 Å². The average Bonchev–Trinajstić information content (AvgIpc) is 3.22. The van der Waals surface area contributed by atoms with E-state index in [2.05, 4.69) is 6.92 Å². The first-order chi connectivity index (χ1) is 13.3. The molecule has 0 aromatic heterocycles. The summed E-state index contributed by atoms with van der Waals surface area (Å²) in [4.78, 5) is 11.6. The first-order valence-electron chi connectivity index (χ1n) is 10.9. The lowest BCUT2D eigenvalue weighted by Crippen LogP contribution is -2.62. The van der Waals surface area contributed by atoms with Gasteiger partial charge in [0.05, 0.1) is 18.3 Å². The molecule has 0 bridgehead atoms. The molecule has 28 heavy (non-hydrogen) atoms. The monoisotopic (exact) mass is 388 g/mol. The van der Waals surface area contributed by atoms with Gasteiger partial charge in [-0.3, -0.25) is 0 Å². The molecule has 3 saturated carbocycles. The van der Waals surface area contributed by atoms with E-state index in [1.54, 1.807) is 6.08 Å². The Labute approximate surface area is 166 Å². The number of esters is 1. The van der Waals surface area contributed by atoms with Crippen LogP contribution in [0.3, 0.4) is 0 Å². The Bertz CT molecular complexity index is 756. The van der Waals surface area contributed by atoms with Gasteiger partial charge in [0.1, 0.15) is 6.61 Å². The van der Waals surface area contributed by atoms with Crippen LogP contribution in [-0.4, -0.2) is 46.2 Å². The van der Waals surface area contributed by atoms with Gasteiger partial charge in [-0.05, 0) is 74.7 Å². The molecule has 3 fully saturated rings. The van der Waals surface area contributed by atoms with Crippen LogP contribution in [0, 0.1) is 28.6 Å². The maximum Gasteiger partial charge on any atom is 0.331 e. The fourth-order valence-electron chi connectivity index (χ4n) is 7.96. The molecule has 0 amide bonds. The zero-order valence-corrected chi connectivity index (χ0v) is 16.7. The summed E-state index contributed by atoms with van der Waals surface area (Å²) in [5.41, 5.74) is 0.977. The third-order valence-electron chi connectivity index (χ3n) is 9.41. The molecule has 5 rings (SSSR count). The van der Waals surface area contributed by atoms with Gasteiger partial charge in [-0.15, -0.1) is 0 Å². The standard InChI is InChI=1S/C23H32O5/c1-21-7-5-18-19(3-2-15-11-16(25)4-8-22(15,18)13-24)23(21,27)9-6-17(21)14-10-20(26)28-12-14/h10-11,16-19,24-25,27H,2-9,12-13H2,1H3. The Morgan fingerprint density at radius 3 is 2.68 bits per heavy atom. The first-order valence-corrected chi connectivity index (χ1v) is 10.9. The highest BCUT2D eigenvalue weighted by Crippen LogP contribution is 2.69. The van der Waals surface area contributed by atoms with E-state index < -0.39 is 11.7 Å². The zero-order valence-electron chi connectivity index (χ0n) is 16.7. The van der Waals surface area contributed by atoms with Gasteiger partial charge in [0.15, 0.2) is 0 Å². The molecule has 154 valence electrons. The number of aliphatic hydroxyl groups is 3. The summed E-state index contributed by atoms with van der Waals surface area (Å²) < 4.78 is 5.18. The molecule has 0 radical (unpaired) electrons. The molecule has 4 aliphatic carbocycles. The normalized spacial score (nSPS) is 50.2. The summed E-state index contributed by atoms with van der Waals surface area (Å²) in [6, 6.07) is 0. The second kappa shape index (κ2) is 6.16. The summed E-state index contributed by atoms with van der Waals surface area (Å²) >= 11 is 0. The fourth-order valence-corrected chi connectivity index (χ4v) is 7.96. The third kappa shape index (κ3) is 2.27. The van der Waals surface area contributed by atoms with Gasteiger partial charge < -0.3 is 20.1 Å². The van der Waals surface area contributed by atoms with Crippen molar-refractivity contribution in [1.29, 1.82) is 0 Å². The second-order valence-electron chi connectivity index (χ2n) is 10.2. The van der Waals surface area contributed by atoms with Crippen LogP contribution in [0.1, 0.15) is 58.3 Å². The molecule has 1 aliphatic heterocycles.